The van der Waals surface area contributed by atoms with Crippen molar-refractivity contribution in [3.05, 3.63) is 35.5 Å². The third-order valence-electron chi connectivity index (χ3n) is 10.1. The first-order chi connectivity index (χ1) is 17.4. The topological polar surface area (TPSA) is 87.9 Å². The number of fused-ring (bicyclic) bond motifs is 1. The number of nitrogens with two attached hydrogens (primary N) is 1. The maximum atomic E-state index is 13.7. The predicted octanol–water partition coefficient (Wildman–Crippen LogP) is 3.60. The molecule has 1 aromatic rings. The van der Waals surface area contributed by atoms with Gasteiger partial charge in [0.15, 0.2) is 0 Å². The first-order valence-electron chi connectivity index (χ1n) is 13.9. The highest BCUT2D eigenvalue weighted by Crippen LogP contribution is 2.56. The van der Waals surface area contributed by atoms with Crippen LogP contribution < -0.4 is 15.8 Å². The van der Waals surface area contributed by atoms with E-state index in [9.17, 15) is 9.59 Å². The third-order valence-corrected chi connectivity index (χ3v) is 10.1. The molecule has 0 aromatic heterocycles. The van der Waals surface area contributed by atoms with Crippen LogP contribution in [-0.4, -0.2) is 60.1 Å². The van der Waals surface area contributed by atoms with Crippen LogP contribution in [-0.2, 0) is 4.79 Å². The lowest BCUT2D eigenvalue weighted by Crippen LogP contribution is -2.64. The minimum Gasteiger partial charge on any atom is -0.497 e. The van der Waals surface area contributed by atoms with Gasteiger partial charge in [0.1, 0.15) is 5.75 Å². The van der Waals surface area contributed by atoms with E-state index in [1.54, 1.807) is 7.11 Å². The Morgan fingerprint density at radius 3 is 2.19 bits per heavy atom. The summed E-state index contributed by atoms with van der Waals surface area (Å²) in [6, 6.07) is 7.96. The fourth-order valence-electron chi connectivity index (χ4n) is 8.90. The highest BCUT2D eigenvalue weighted by atomic mass is 16.5. The molecule has 8 rings (SSSR count). The molecule has 4 bridgehead atoms. The van der Waals surface area contributed by atoms with Gasteiger partial charge in [-0.3, -0.25) is 4.79 Å². The van der Waals surface area contributed by atoms with Gasteiger partial charge in [-0.2, -0.15) is 0 Å². The number of hydrogen-bond acceptors (Lipinski definition) is 4. The van der Waals surface area contributed by atoms with Gasteiger partial charge in [-0.05, 0) is 98.3 Å². The second kappa shape index (κ2) is 8.15. The quantitative estimate of drug-likeness (QED) is 0.660. The summed E-state index contributed by atoms with van der Waals surface area (Å²) in [5.41, 5.74) is 9.48. The molecule has 0 radical (unpaired) electrons. The molecule has 6 fully saturated rings. The average molecular weight is 491 g/mol. The minimum atomic E-state index is -0.413. The molecule has 0 spiro atoms. The van der Waals surface area contributed by atoms with E-state index in [4.69, 9.17) is 10.5 Å². The predicted molar refractivity (Wildman–Crippen MR) is 137 cm³/mol. The number of rotatable bonds is 5. The van der Waals surface area contributed by atoms with E-state index in [1.165, 1.54) is 25.0 Å². The van der Waals surface area contributed by atoms with Crippen molar-refractivity contribution in [3.63, 3.8) is 0 Å². The van der Waals surface area contributed by atoms with Gasteiger partial charge >= 0.3 is 6.03 Å². The van der Waals surface area contributed by atoms with Gasteiger partial charge in [0.25, 0.3) is 0 Å². The van der Waals surface area contributed by atoms with Gasteiger partial charge in [0, 0.05) is 30.9 Å². The van der Waals surface area contributed by atoms with E-state index in [1.807, 2.05) is 29.2 Å². The minimum absolute atomic E-state index is 0.00654. The molecule has 2 heterocycles. The zero-order chi connectivity index (χ0) is 24.6. The molecule has 3 amide bonds. The summed E-state index contributed by atoms with van der Waals surface area (Å²) >= 11 is 0. The van der Waals surface area contributed by atoms with Crippen LogP contribution in [0.3, 0.4) is 0 Å². The number of nitrogens with one attached hydrogen (secondary N) is 1. The van der Waals surface area contributed by atoms with Crippen molar-refractivity contribution >= 4 is 17.5 Å². The SMILES string of the molecule is COc1ccc(C2=C(C3CC3)N3CCN(C(=O)NC45CC6CC(CC(C6)C4)C5)CC3C2C(N)=O)cc1. The number of piperazine rings is 1. The Labute approximate surface area is 213 Å². The van der Waals surface area contributed by atoms with Crippen molar-refractivity contribution in [2.75, 3.05) is 26.7 Å². The Balaban J connectivity index is 1.14. The van der Waals surface area contributed by atoms with E-state index in [0.29, 0.717) is 19.0 Å². The Kier molecular flexibility index (Phi) is 5.09. The molecule has 1 saturated heterocycles. The number of allylic oxidation sites excluding steroid dienone is 1. The molecular formula is C29H38N4O3. The highest BCUT2D eigenvalue weighted by molar-refractivity contribution is 5.94. The smallest absolute Gasteiger partial charge is 0.317 e. The molecule has 1 aromatic carbocycles. The third kappa shape index (κ3) is 3.60. The van der Waals surface area contributed by atoms with Crippen LogP contribution in [0.5, 0.6) is 5.75 Å². The number of methoxy groups -OCH3 is 1. The van der Waals surface area contributed by atoms with Crippen LogP contribution in [0, 0.1) is 29.6 Å². The molecular weight excluding hydrogens is 452 g/mol. The molecule has 5 saturated carbocycles. The first-order valence-corrected chi connectivity index (χ1v) is 13.9. The summed E-state index contributed by atoms with van der Waals surface area (Å²) in [5, 5.41) is 3.54. The zero-order valence-corrected chi connectivity index (χ0v) is 21.2. The van der Waals surface area contributed by atoms with Crippen molar-refractivity contribution in [1.29, 1.82) is 0 Å². The summed E-state index contributed by atoms with van der Waals surface area (Å²) in [6.07, 6.45) is 9.83. The number of carbonyl (C=O) groups excluding carboxylic acids is 2. The lowest BCUT2D eigenvalue weighted by Gasteiger charge is -2.57. The first kappa shape index (κ1) is 22.5. The van der Waals surface area contributed by atoms with Crippen molar-refractivity contribution in [3.8, 4) is 5.75 Å². The van der Waals surface area contributed by atoms with Crippen LogP contribution in [0.25, 0.3) is 5.57 Å². The Bertz CT molecular complexity index is 1070. The van der Waals surface area contributed by atoms with Crippen molar-refractivity contribution in [2.45, 2.75) is 62.9 Å². The van der Waals surface area contributed by atoms with E-state index in [-0.39, 0.29) is 23.5 Å². The summed E-state index contributed by atoms with van der Waals surface area (Å²) in [6.45, 7) is 1.99. The molecule has 2 atom stereocenters. The normalized spacial score (nSPS) is 36.8. The Morgan fingerprint density at radius 2 is 1.64 bits per heavy atom. The summed E-state index contributed by atoms with van der Waals surface area (Å²) in [5.74, 6) is 2.95. The van der Waals surface area contributed by atoms with E-state index >= 15 is 0 Å². The molecule has 3 N–H and O–H groups in total. The molecule has 7 nitrogen and oxygen atoms in total. The van der Waals surface area contributed by atoms with Gasteiger partial charge in [0.05, 0.1) is 19.1 Å². The maximum absolute atomic E-state index is 13.7. The van der Waals surface area contributed by atoms with Crippen LogP contribution >= 0.6 is 0 Å². The number of benzene rings is 1. The highest BCUT2D eigenvalue weighted by Gasteiger charge is 2.53. The van der Waals surface area contributed by atoms with Gasteiger partial charge in [-0.25, -0.2) is 4.79 Å². The largest absolute Gasteiger partial charge is 0.497 e. The number of nitrogens with zero attached hydrogens (tertiary/aromatic N) is 2. The lowest BCUT2D eigenvalue weighted by atomic mass is 9.53. The number of hydrogen-bond donors (Lipinski definition) is 2. The van der Waals surface area contributed by atoms with E-state index in [2.05, 4.69) is 10.2 Å². The Morgan fingerprint density at radius 1 is 1.00 bits per heavy atom. The van der Waals surface area contributed by atoms with Crippen LogP contribution in [0.4, 0.5) is 4.79 Å². The number of urea groups is 1. The van der Waals surface area contributed by atoms with Crippen LogP contribution in [0.2, 0.25) is 0 Å². The molecule has 2 aliphatic heterocycles. The second-order valence-electron chi connectivity index (χ2n) is 12.5. The summed E-state index contributed by atoms with van der Waals surface area (Å²) in [7, 11) is 1.66. The zero-order valence-electron chi connectivity index (χ0n) is 21.2. The van der Waals surface area contributed by atoms with Gasteiger partial charge in [-0.15, -0.1) is 0 Å². The number of ether oxygens (including phenoxy) is 1. The molecule has 192 valence electrons. The van der Waals surface area contributed by atoms with Crippen molar-refractivity contribution in [1.82, 2.24) is 15.1 Å². The van der Waals surface area contributed by atoms with Crippen molar-refractivity contribution in [2.24, 2.45) is 35.3 Å². The number of carbonyl (C=O) groups is 2. The van der Waals surface area contributed by atoms with Gasteiger partial charge in [0.2, 0.25) is 5.91 Å². The molecule has 7 heteroatoms. The summed E-state index contributed by atoms with van der Waals surface area (Å²) < 4.78 is 5.36. The average Bonchev–Trinajstić information content (AvgIpc) is 3.62. The van der Waals surface area contributed by atoms with E-state index in [0.717, 1.165) is 73.3 Å². The van der Waals surface area contributed by atoms with Crippen molar-refractivity contribution < 1.29 is 14.3 Å². The van der Waals surface area contributed by atoms with E-state index < -0.39 is 5.92 Å². The lowest BCUT2D eigenvalue weighted by molar-refractivity contribution is -0.121. The number of amides is 3. The fourth-order valence-corrected chi connectivity index (χ4v) is 8.90. The molecule has 36 heavy (non-hydrogen) atoms. The maximum Gasteiger partial charge on any atom is 0.317 e. The number of primary amides is 1. The molecule has 5 aliphatic carbocycles. The van der Waals surface area contributed by atoms with Gasteiger partial charge < -0.3 is 25.6 Å². The fraction of sp³-hybridized carbons (Fsp3) is 0.655. The Hall–Kier alpha value is -2.70. The standard InChI is InChI=1S/C29H38N4O3/c1-36-22-6-4-20(5-7-22)24-25(27(30)34)23-16-32(8-9-33(23)26(24)21-2-3-21)28(35)31-29-13-17-10-18(14-29)12-19(11-17)15-29/h4-7,17-19,21,23,25H,2-3,8-16H2,1H3,(H2,30,34)(H,31,35). The van der Waals surface area contributed by atoms with Crippen LogP contribution in [0.15, 0.2) is 30.0 Å². The van der Waals surface area contributed by atoms with Crippen LogP contribution in [0.1, 0.15) is 56.9 Å². The van der Waals surface area contributed by atoms with Gasteiger partial charge in [-0.1, -0.05) is 12.1 Å². The molecule has 2 unspecified atom stereocenters. The summed E-state index contributed by atoms with van der Waals surface area (Å²) in [4.78, 5) is 31.0. The second-order valence-corrected chi connectivity index (χ2v) is 12.5. The monoisotopic (exact) mass is 490 g/mol. The molecule has 7 aliphatic rings.